The van der Waals surface area contributed by atoms with Crippen LogP contribution in [0.1, 0.15) is 11.1 Å². The van der Waals surface area contributed by atoms with Crippen molar-refractivity contribution in [2.24, 2.45) is 0 Å². The molecule has 0 saturated carbocycles. The van der Waals surface area contributed by atoms with Gasteiger partial charge in [0.2, 0.25) is 9.84 Å². The van der Waals surface area contributed by atoms with Crippen molar-refractivity contribution in [2.45, 2.75) is 9.79 Å². The van der Waals surface area contributed by atoms with Crippen LogP contribution in [0.15, 0.2) is 58.3 Å². The number of sulfone groups is 1. The predicted molar refractivity (Wildman–Crippen MR) is 74.2 cm³/mol. The summed E-state index contributed by atoms with van der Waals surface area (Å²) in [5.74, 6) is 4.89. The van der Waals surface area contributed by atoms with Gasteiger partial charge in [0.1, 0.15) is 0 Å². The average molecular weight is 266 g/mol. The van der Waals surface area contributed by atoms with Crippen LogP contribution in [-0.2, 0) is 9.84 Å². The van der Waals surface area contributed by atoms with Gasteiger partial charge >= 0.3 is 0 Å². The molecule has 2 rings (SSSR count). The third-order valence-corrected chi connectivity index (χ3v) is 4.45. The Balaban J connectivity index is 2.46. The van der Waals surface area contributed by atoms with Gasteiger partial charge in [-0.3, -0.25) is 0 Å². The molecule has 2 aromatic carbocycles. The molecule has 0 heterocycles. The maximum atomic E-state index is 12.3. The highest BCUT2D eigenvalue weighted by Gasteiger charge is 2.16. The molecule has 2 aromatic rings. The van der Waals surface area contributed by atoms with Crippen molar-refractivity contribution in [1.29, 1.82) is 0 Å². The summed E-state index contributed by atoms with van der Waals surface area (Å²) in [6.45, 7) is 0. The maximum Gasteiger partial charge on any atom is 0.206 e. The molecule has 0 atom stereocenters. The lowest BCUT2D eigenvalue weighted by molar-refractivity contribution is 0.596. The van der Waals surface area contributed by atoms with Crippen molar-refractivity contribution >= 4 is 9.84 Å². The lowest BCUT2D eigenvalue weighted by Crippen LogP contribution is -2.01. The van der Waals surface area contributed by atoms with Crippen LogP contribution in [-0.4, -0.2) is 8.42 Å². The zero-order valence-electron chi connectivity index (χ0n) is 10.00. The van der Waals surface area contributed by atoms with Gasteiger partial charge in [0.25, 0.3) is 0 Å². The van der Waals surface area contributed by atoms with Crippen molar-refractivity contribution in [3.63, 3.8) is 0 Å². The monoisotopic (exact) mass is 266 g/mol. The Morgan fingerprint density at radius 2 is 1.00 bits per heavy atom. The first-order chi connectivity index (χ1) is 9.07. The second kappa shape index (κ2) is 5.02. The van der Waals surface area contributed by atoms with Crippen LogP contribution in [0.3, 0.4) is 0 Å². The summed E-state index contributed by atoms with van der Waals surface area (Å²) in [5, 5.41) is 0. The smallest absolute Gasteiger partial charge is 0.206 e. The summed E-state index contributed by atoms with van der Waals surface area (Å²) < 4.78 is 24.7. The average Bonchev–Trinajstić information content (AvgIpc) is 2.47. The third-order valence-electron chi connectivity index (χ3n) is 2.66. The van der Waals surface area contributed by atoms with Gasteiger partial charge in [0.05, 0.1) is 9.79 Å². The van der Waals surface area contributed by atoms with E-state index < -0.39 is 9.84 Å². The molecule has 0 aliphatic carbocycles. The molecule has 0 fully saturated rings. The van der Waals surface area contributed by atoms with Gasteiger partial charge in [-0.05, 0) is 48.5 Å². The topological polar surface area (TPSA) is 34.1 Å². The summed E-state index contributed by atoms with van der Waals surface area (Å²) in [6, 6.07) is 12.4. The first-order valence-electron chi connectivity index (χ1n) is 5.46. The quantitative estimate of drug-likeness (QED) is 0.783. The van der Waals surface area contributed by atoms with Crippen LogP contribution in [0.25, 0.3) is 0 Å². The van der Waals surface area contributed by atoms with Crippen LogP contribution in [0.2, 0.25) is 0 Å². The van der Waals surface area contributed by atoms with Crippen LogP contribution >= 0.6 is 0 Å². The molecule has 0 aromatic heterocycles. The minimum Gasteiger partial charge on any atom is -0.219 e. The Morgan fingerprint density at radius 1 is 0.684 bits per heavy atom. The molecule has 0 spiro atoms. The largest absolute Gasteiger partial charge is 0.219 e. The summed E-state index contributed by atoms with van der Waals surface area (Å²) >= 11 is 0. The minimum atomic E-state index is -3.53. The van der Waals surface area contributed by atoms with Gasteiger partial charge in [0.15, 0.2) is 0 Å². The molecule has 0 bridgehead atoms. The highest BCUT2D eigenvalue weighted by molar-refractivity contribution is 7.91. The van der Waals surface area contributed by atoms with E-state index in [4.69, 9.17) is 12.8 Å². The van der Waals surface area contributed by atoms with E-state index in [1.165, 1.54) is 24.3 Å². The molecular formula is C16H10O2S. The molecule has 2 nitrogen and oxygen atoms in total. The van der Waals surface area contributed by atoms with E-state index >= 15 is 0 Å². The molecule has 0 N–H and O–H groups in total. The number of terminal acetylenes is 2. The number of rotatable bonds is 2. The fraction of sp³-hybridized carbons (Fsp3) is 0. The Labute approximate surface area is 113 Å². The highest BCUT2D eigenvalue weighted by atomic mass is 32.2. The molecule has 0 aliphatic rings. The lowest BCUT2D eigenvalue weighted by atomic mass is 10.2. The summed E-state index contributed by atoms with van der Waals surface area (Å²) in [7, 11) is -3.53. The first kappa shape index (κ1) is 13.0. The Hall–Kier alpha value is -2.49. The molecular weight excluding hydrogens is 256 g/mol. The van der Waals surface area contributed by atoms with Gasteiger partial charge in [0, 0.05) is 11.1 Å². The standard InChI is InChI=1S/C16H10O2S/c1-3-13-5-9-15(10-6-13)19(17,18)16-11-7-14(4-2)8-12-16/h1-2,5-12H. The van der Waals surface area contributed by atoms with Crippen molar-refractivity contribution in [3.05, 3.63) is 59.7 Å². The van der Waals surface area contributed by atoms with E-state index in [1.54, 1.807) is 24.3 Å². The summed E-state index contributed by atoms with van der Waals surface area (Å²) in [5.41, 5.74) is 1.28. The molecule has 0 unspecified atom stereocenters. The van der Waals surface area contributed by atoms with Crippen LogP contribution in [0.5, 0.6) is 0 Å². The van der Waals surface area contributed by atoms with E-state index in [0.717, 1.165) is 0 Å². The van der Waals surface area contributed by atoms with E-state index in [-0.39, 0.29) is 9.79 Å². The van der Waals surface area contributed by atoms with Crippen LogP contribution in [0, 0.1) is 24.7 Å². The number of benzene rings is 2. The summed E-state index contributed by atoms with van der Waals surface area (Å²) in [4.78, 5) is 0.417. The minimum absolute atomic E-state index is 0.208. The normalized spacial score (nSPS) is 10.4. The molecule has 0 saturated heterocycles. The second-order valence-electron chi connectivity index (χ2n) is 3.84. The molecule has 0 radical (unpaired) electrons. The first-order valence-corrected chi connectivity index (χ1v) is 6.94. The van der Waals surface area contributed by atoms with Crippen molar-refractivity contribution < 1.29 is 8.42 Å². The Bertz CT molecular complexity index is 705. The Kier molecular flexibility index (Phi) is 3.42. The van der Waals surface area contributed by atoms with E-state index in [1.807, 2.05) is 0 Å². The number of hydrogen-bond donors (Lipinski definition) is 0. The molecule has 0 aliphatic heterocycles. The molecule has 19 heavy (non-hydrogen) atoms. The zero-order chi connectivity index (χ0) is 13.9. The molecule has 0 amide bonds. The molecule has 3 heteroatoms. The fourth-order valence-electron chi connectivity index (χ4n) is 1.60. The van der Waals surface area contributed by atoms with Crippen LogP contribution < -0.4 is 0 Å². The zero-order valence-corrected chi connectivity index (χ0v) is 10.8. The van der Waals surface area contributed by atoms with Gasteiger partial charge in [-0.25, -0.2) is 8.42 Å². The van der Waals surface area contributed by atoms with Crippen molar-refractivity contribution in [1.82, 2.24) is 0 Å². The Morgan fingerprint density at radius 3 is 1.26 bits per heavy atom. The van der Waals surface area contributed by atoms with E-state index in [0.29, 0.717) is 11.1 Å². The highest BCUT2D eigenvalue weighted by Crippen LogP contribution is 2.21. The van der Waals surface area contributed by atoms with E-state index in [2.05, 4.69) is 11.8 Å². The van der Waals surface area contributed by atoms with E-state index in [9.17, 15) is 8.42 Å². The van der Waals surface area contributed by atoms with Crippen molar-refractivity contribution in [2.75, 3.05) is 0 Å². The van der Waals surface area contributed by atoms with Gasteiger partial charge < -0.3 is 0 Å². The lowest BCUT2D eigenvalue weighted by Gasteiger charge is -2.04. The van der Waals surface area contributed by atoms with Gasteiger partial charge in [-0.15, -0.1) is 12.8 Å². The third kappa shape index (κ3) is 2.52. The second-order valence-corrected chi connectivity index (χ2v) is 5.79. The fourth-order valence-corrected chi connectivity index (χ4v) is 2.86. The van der Waals surface area contributed by atoms with Gasteiger partial charge in [-0.1, -0.05) is 11.8 Å². The maximum absolute atomic E-state index is 12.3. The van der Waals surface area contributed by atoms with Gasteiger partial charge in [-0.2, -0.15) is 0 Å². The summed E-state index contributed by atoms with van der Waals surface area (Å²) in [6.07, 6.45) is 10.5. The molecule has 92 valence electrons. The number of hydrogen-bond acceptors (Lipinski definition) is 2. The van der Waals surface area contributed by atoms with Crippen molar-refractivity contribution in [3.8, 4) is 24.7 Å². The SMILES string of the molecule is C#Cc1ccc(S(=O)(=O)c2ccc(C#C)cc2)cc1. The predicted octanol–water partition coefficient (Wildman–Crippen LogP) is 2.48. The van der Waals surface area contributed by atoms with Crippen LogP contribution in [0.4, 0.5) is 0 Å².